The highest BCUT2D eigenvalue weighted by Crippen LogP contribution is 2.45. The summed E-state index contributed by atoms with van der Waals surface area (Å²) in [6.07, 6.45) is -5.66. The zero-order chi connectivity index (χ0) is 19.1. The Labute approximate surface area is 162 Å². The highest BCUT2D eigenvalue weighted by molar-refractivity contribution is 7.99. The van der Waals surface area contributed by atoms with Crippen molar-refractivity contribution in [3.05, 3.63) is 64.7 Å². The summed E-state index contributed by atoms with van der Waals surface area (Å²) < 4.78 is 5.72. The molecular weight excluding hydrogens is 364 g/mol. The maximum atomic E-state index is 10.4. The first-order chi connectivity index (χ1) is 13.0. The molecule has 2 aromatic rings. The average molecular weight is 388 g/mol. The summed E-state index contributed by atoms with van der Waals surface area (Å²) in [6, 6.07) is 14.4. The fourth-order valence-electron chi connectivity index (χ4n) is 3.86. The number of aryl methyl sites for hydroxylation is 1. The first-order valence-electron chi connectivity index (χ1n) is 9.13. The molecular formula is C21H24O5S. The minimum Gasteiger partial charge on any atom is -0.394 e. The van der Waals surface area contributed by atoms with Crippen LogP contribution in [0.4, 0.5) is 0 Å². The molecule has 0 radical (unpaired) electrons. The standard InChI is InChI=1S/C21H24O5S/c1-11-2-4-12(5-3-11)15-10-27-17-7-6-13(8-14(15)17)21-20(25)19(24)18(23)16(9-22)26-21/h2-8,15-16,18-25H,9-10H2,1H3/t15-,16+,18+,19-,20+,21-/m0/s1. The van der Waals surface area contributed by atoms with Crippen LogP contribution in [-0.2, 0) is 4.74 Å². The molecule has 2 aliphatic heterocycles. The number of benzene rings is 2. The molecule has 2 heterocycles. The van der Waals surface area contributed by atoms with Gasteiger partial charge in [0, 0.05) is 16.6 Å². The number of hydrogen-bond acceptors (Lipinski definition) is 6. The van der Waals surface area contributed by atoms with E-state index < -0.39 is 37.1 Å². The summed E-state index contributed by atoms with van der Waals surface area (Å²) in [6.45, 7) is 1.65. The highest BCUT2D eigenvalue weighted by Gasteiger charge is 2.44. The maximum Gasteiger partial charge on any atom is 0.113 e. The molecule has 1 fully saturated rings. The van der Waals surface area contributed by atoms with E-state index in [1.54, 1.807) is 11.8 Å². The Bertz CT molecular complexity index is 807. The molecule has 2 aliphatic rings. The van der Waals surface area contributed by atoms with E-state index in [9.17, 15) is 20.4 Å². The van der Waals surface area contributed by atoms with Gasteiger partial charge in [-0.3, -0.25) is 0 Å². The molecule has 6 atom stereocenters. The van der Waals surface area contributed by atoms with E-state index in [1.165, 1.54) is 21.6 Å². The minimum absolute atomic E-state index is 0.260. The van der Waals surface area contributed by atoms with Crippen LogP contribution in [0.15, 0.2) is 47.4 Å². The van der Waals surface area contributed by atoms with E-state index in [1.807, 2.05) is 18.2 Å². The second-order valence-electron chi connectivity index (χ2n) is 7.32. The van der Waals surface area contributed by atoms with Crippen LogP contribution in [0.5, 0.6) is 0 Å². The number of ether oxygens (including phenoxy) is 1. The lowest BCUT2D eigenvalue weighted by Crippen LogP contribution is -2.55. The van der Waals surface area contributed by atoms with Gasteiger partial charge >= 0.3 is 0 Å². The van der Waals surface area contributed by atoms with Gasteiger partial charge in [0.2, 0.25) is 0 Å². The monoisotopic (exact) mass is 388 g/mol. The Morgan fingerprint density at radius 2 is 1.67 bits per heavy atom. The van der Waals surface area contributed by atoms with Crippen molar-refractivity contribution >= 4 is 11.8 Å². The fraction of sp³-hybridized carbons (Fsp3) is 0.429. The Balaban J connectivity index is 1.66. The van der Waals surface area contributed by atoms with E-state index in [-0.39, 0.29) is 5.92 Å². The van der Waals surface area contributed by atoms with Crippen LogP contribution in [0, 0.1) is 6.92 Å². The highest BCUT2D eigenvalue weighted by atomic mass is 32.2. The Morgan fingerprint density at radius 3 is 2.37 bits per heavy atom. The van der Waals surface area contributed by atoms with E-state index in [0.29, 0.717) is 0 Å². The van der Waals surface area contributed by atoms with Gasteiger partial charge in [-0.05, 0) is 29.7 Å². The normalized spacial score (nSPS) is 33.1. The summed E-state index contributed by atoms with van der Waals surface area (Å²) in [5, 5.41) is 39.9. The number of aliphatic hydroxyl groups is 4. The Morgan fingerprint density at radius 1 is 0.963 bits per heavy atom. The average Bonchev–Trinajstić information content (AvgIpc) is 3.10. The SMILES string of the molecule is Cc1ccc([C@@H]2CSc3ccc([C@@H]4O[C@H](CO)[C@@H](O)[C@H](O)[C@H]4O)cc32)cc1. The van der Waals surface area contributed by atoms with Crippen molar-refractivity contribution in [1.82, 2.24) is 0 Å². The molecule has 6 heteroatoms. The third kappa shape index (κ3) is 3.42. The van der Waals surface area contributed by atoms with Crippen molar-refractivity contribution in [2.75, 3.05) is 12.4 Å². The summed E-state index contributed by atoms with van der Waals surface area (Å²) >= 11 is 1.80. The molecule has 144 valence electrons. The summed E-state index contributed by atoms with van der Waals surface area (Å²) in [5.74, 6) is 1.21. The lowest BCUT2D eigenvalue weighted by atomic mass is 9.87. The van der Waals surface area contributed by atoms with E-state index in [0.717, 1.165) is 11.3 Å². The van der Waals surface area contributed by atoms with Crippen molar-refractivity contribution in [1.29, 1.82) is 0 Å². The Kier molecular flexibility index (Phi) is 5.29. The predicted octanol–water partition coefficient (Wildman–Crippen LogP) is 1.75. The van der Waals surface area contributed by atoms with Gasteiger partial charge < -0.3 is 25.2 Å². The number of aliphatic hydroxyl groups excluding tert-OH is 4. The molecule has 4 N–H and O–H groups in total. The van der Waals surface area contributed by atoms with Crippen LogP contribution in [0.25, 0.3) is 0 Å². The van der Waals surface area contributed by atoms with Gasteiger partial charge in [0.05, 0.1) is 6.61 Å². The van der Waals surface area contributed by atoms with Crippen molar-refractivity contribution in [2.45, 2.75) is 48.3 Å². The van der Waals surface area contributed by atoms with Gasteiger partial charge in [0.15, 0.2) is 0 Å². The molecule has 4 rings (SSSR count). The molecule has 5 nitrogen and oxygen atoms in total. The molecule has 0 aromatic heterocycles. The van der Waals surface area contributed by atoms with Crippen LogP contribution in [0.1, 0.15) is 34.3 Å². The van der Waals surface area contributed by atoms with Gasteiger partial charge in [-0.2, -0.15) is 0 Å². The zero-order valence-electron chi connectivity index (χ0n) is 15.0. The molecule has 2 aromatic carbocycles. The van der Waals surface area contributed by atoms with E-state index in [2.05, 4.69) is 31.2 Å². The van der Waals surface area contributed by atoms with Gasteiger partial charge in [-0.1, -0.05) is 42.0 Å². The number of fused-ring (bicyclic) bond motifs is 1. The third-order valence-electron chi connectivity index (χ3n) is 5.52. The molecule has 1 saturated heterocycles. The minimum atomic E-state index is -1.36. The van der Waals surface area contributed by atoms with Crippen molar-refractivity contribution < 1.29 is 25.2 Å². The van der Waals surface area contributed by atoms with Crippen molar-refractivity contribution in [3.63, 3.8) is 0 Å². The largest absolute Gasteiger partial charge is 0.394 e. The lowest BCUT2D eigenvalue weighted by molar-refractivity contribution is -0.231. The number of rotatable bonds is 3. The zero-order valence-corrected chi connectivity index (χ0v) is 15.8. The number of hydrogen-bond donors (Lipinski definition) is 4. The van der Waals surface area contributed by atoms with Gasteiger partial charge in [0.1, 0.15) is 30.5 Å². The molecule has 0 spiro atoms. The van der Waals surface area contributed by atoms with Crippen molar-refractivity contribution in [3.8, 4) is 0 Å². The van der Waals surface area contributed by atoms with Gasteiger partial charge in [-0.25, -0.2) is 0 Å². The molecule has 0 saturated carbocycles. The second-order valence-corrected chi connectivity index (χ2v) is 8.38. The fourth-order valence-corrected chi connectivity index (χ4v) is 5.11. The van der Waals surface area contributed by atoms with Crippen LogP contribution in [0.2, 0.25) is 0 Å². The van der Waals surface area contributed by atoms with Crippen LogP contribution < -0.4 is 0 Å². The summed E-state index contributed by atoms with van der Waals surface area (Å²) in [7, 11) is 0. The topological polar surface area (TPSA) is 90.2 Å². The van der Waals surface area contributed by atoms with Crippen LogP contribution >= 0.6 is 11.8 Å². The summed E-state index contributed by atoms with van der Waals surface area (Å²) in [4.78, 5) is 1.20. The summed E-state index contributed by atoms with van der Waals surface area (Å²) in [5.41, 5.74) is 4.39. The van der Waals surface area contributed by atoms with Crippen molar-refractivity contribution in [2.24, 2.45) is 0 Å². The van der Waals surface area contributed by atoms with E-state index >= 15 is 0 Å². The third-order valence-corrected chi connectivity index (χ3v) is 6.70. The van der Waals surface area contributed by atoms with Crippen LogP contribution in [0.3, 0.4) is 0 Å². The maximum absolute atomic E-state index is 10.4. The molecule has 27 heavy (non-hydrogen) atoms. The quantitative estimate of drug-likeness (QED) is 0.641. The predicted molar refractivity (Wildman–Crippen MR) is 103 cm³/mol. The first-order valence-corrected chi connectivity index (χ1v) is 10.1. The second kappa shape index (κ2) is 7.54. The first kappa shape index (κ1) is 18.9. The van der Waals surface area contributed by atoms with Gasteiger partial charge in [-0.15, -0.1) is 11.8 Å². The molecule has 0 aliphatic carbocycles. The number of thioether (sulfide) groups is 1. The van der Waals surface area contributed by atoms with E-state index in [4.69, 9.17) is 4.74 Å². The molecule has 0 amide bonds. The van der Waals surface area contributed by atoms with Gasteiger partial charge in [0.25, 0.3) is 0 Å². The lowest BCUT2D eigenvalue weighted by Gasteiger charge is -2.40. The molecule has 0 bridgehead atoms. The molecule has 0 unspecified atom stereocenters. The van der Waals surface area contributed by atoms with Crippen LogP contribution in [-0.4, -0.2) is 57.2 Å². The smallest absolute Gasteiger partial charge is 0.113 e. The Hall–Kier alpha value is -1.41.